The molecule has 0 aliphatic heterocycles. The second kappa shape index (κ2) is 22.2. The van der Waals surface area contributed by atoms with Crippen LogP contribution in [0.25, 0.3) is 0 Å². The van der Waals surface area contributed by atoms with Gasteiger partial charge < -0.3 is 14.9 Å². The van der Waals surface area contributed by atoms with Gasteiger partial charge in [-0.1, -0.05) is 140 Å². The predicted octanol–water partition coefficient (Wildman–Crippen LogP) is 10.6. The molecule has 0 saturated heterocycles. The van der Waals surface area contributed by atoms with Crippen molar-refractivity contribution in [2.75, 3.05) is 6.61 Å². The molecule has 0 aliphatic carbocycles. The number of aromatic hydroxyl groups is 2. The Morgan fingerprint density at radius 1 is 0.575 bits per heavy atom. The third kappa shape index (κ3) is 15.9. The summed E-state index contributed by atoms with van der Waals surface area (Å²) >= 11 is 0. The molecule has 40 heavy (non-hydrogen) atoms. The molecule has 2 aromatic rings. The fourth-order valence-corrected chi connectivity index (χ4v) is 5.46. The largest absolute Gasteiger partial charge is 0.508 e. The van der Waals surface area contributed by atoms with Gasteiger partial charge in [0.1, 0.15) is 11.5 Å². The standard InChI is InChI=1S/C36H56O4/c1-2-3-4-5-6-7-8-9-10-11-12-13-14-15-16-17-18-19-30-40-36(39)29-28-35(31-20-24-33(37)25-21-31)32-22-26-34(38)27-23-32/h20-27,35,37-38H,2-19,28-30H2,1H3. The summed E-state index contributed by atoms with van der Waals surface area (Å²) in [7, 11) is 0. The Morgan fingerprint density at radius 2 is 0.925 bits per heavy atom. The second-order valence-electron chi connectivity index (χ2n) is 11.5. The maximum absolute atomic E-state index is 12.4. The van der Waals surface area contributed by atoms with Gasteiger partial charge in [0.2, 0.25) is 0 Å². The van der Waals surface area contributed by atoms with Gasteiger partial charge in [-0.25, -0.2) is 0 Å². The molecule has 4 nitrogen and oxygen atoms in total. The van der Waals surface area contributed by atoms with E-state index in [9.17, 15) is 15.0 Å². The van der Waals surface area contributed by atoms with Crippen LogP contribution in [0.3, 0.4) is 0 Å². The second-order valence-corrected chi connectivity index (χ2v) is 11.5. The van der Waals surface area contributed by atoms with E-state index in [2.05, 4.69) is 6.92 Å². The lowest BCUT2D eigenvalue weighted by atomic mass is 9.87. The molecule has 0 unspecified atom stereocenters. The van der Waals surface area contributed by atoms with Crippen molar-refractivity contribution < 1.29 is 19.7 Å². The van der Waals surface area contributed by atoms with Crippen molar-refractivity contribution in [3.8, 4) is 11.5 Å². The number of unbranched alkanes of at least 4 members (excludes halogenated alkanes) is 17. The Bertz CT molecular complexity index is 829. The van der Waals surface area contributed by atoms with Crippen molar-refractivity contribution in [3.05, 3.63) is 59.7 Å². The summed E-state index contributed by atoms with van der Waals surface area (Å²) in [5.41, 5.74) is 2.06. The number of phenolic OH excluding ortho intramolecular Hbond substituents is 2. The van der Waals surface area contributed by atoms with E-state index in [1.165, 1.54) is 103 Å². The van der Waals surface area contributed by atoms with Crippen LogP contribution >= 0.6 is 0 Å². The van der Waals surface area contributed by atoms with Crippen molar-refractivity contribution >= 4 is 5.97 Å². The quantitative estimate of drug-likeness (QED) is 0.100. The molecular formula is C36H56O4. The molecule has 0 aromatic heterocycles. The van der Waals surface area contributed by atoms with Gasteiger partial charge in [-0.05, 0) is 48.2 Å². The van der Waals surface area contributed by atoms with E-state index in [1.807, 2.05) is 24.3 Å². The molecule has 0 radical (unpaired) electrons. The fourth-order valence-electron chi connectivity index (χ4n) is 5.46. The fraction of sp³-hybridized carbons (Fsp3) is 0.639. The third-order valence-corrected chi connectivity index (χ3v) is 7.99. The van der Waals surface area contributed by atoms with Crippen LogP contribution in [0.1, 0.15) is 152 Å². The highest BCUT2D eigenvalue weighted by molar-refractivity contribution is 5.69. The number of carbonyl (C=O) groups excluding carboxylic acids is 1. The highest BCUT2D eigenvalue weighted by Crippen LogP contribution is 2.31. The maximum Gasteiger partial charge on any atom is 0.305 e. The Balaban J connectivity index is 1.44. The van der Waals surface area contributed by atoms with Crippen LogP contribution in [0.4, 0.5) is 0 Å². The Kier molecular flexibility index (Phi) is 18.7. The number of hydrogen-bond acceptors (Lipinski definition) is 4. The van der Waals surface area contributed by atoms with Crippen LogP contribution in [0.15, 0.2) is 48.5 Å². The molecule has 0 aliphatic rings. The SMILES string of the molecule is CCCCCCCCCCCCCCCCCCCCOC(=O)CCC(c1ccc(O)cc1)c1ccc(O)cc1. The van der Waals surface area contributed by atoms with Gasteiger partial charge in [-0.2, -0.15) is 0 Å². The normalized spacial score (nSPS) is 11.2. The van der Waals surface area contributed by atoms with Crippen LogP contribution in [0, 0.1) is 0 Å². The van der Waals surface area contributed by atoms with E-state index in [1.54, 1.807) is 24.3 Å². The third-order valence-electron chi connectivity index (χ3n) is 7.99. The van der Waals surface area contributed by atoms with Crippen molar-refractivity contribution in [1.29, 1.82) is 0 Å². The number of rotatable bonds is 24. The minimum absolute atomic E-state index is 0.00106. The monoisotopic (exact) mass is 552 g/mol. The van der Waals surface area contributed by atoms with Gasteiger partial charge in [-0.3, -0.25) is 4.79 Å². The number of ether oxygens (including phenoxy) is 1. The Labute approximate surface area is 244 Å². The maximum atomic E-state index is 12.4. The van der Waals surface area contributed by atoms with Gasteiger partial charge in [0.15, 0.2) is 0 Å². The molecule has 2 aromatic carbocycles. The van der Waals surface area contributed by atoms with E-state index in [-0.39, 0.29) is 23.4 Å². The summed E-state index contributed by atoms with van der Waals surface area (Å²) < 4.78 is 5.51. The highest BCUT2D eigenvalue weighted by Gasteiger charge is 2.17. The molecular weight excluding hydrogens is 496 g/mol. The van der Waals surface area contributed by atoms with Gasteiger partial charge >= 0.3 is 5.97 Å². The minimum atomic E-state index is -0.158. The van der Waals surface area contributed by atoms with Gasteiger partial charge in [0.05, 0.1) is 6.61 Å². The van der Waals surface area contributed by atoms with Crippen LogP contribution in [0.2, 0.25) is 0 Å². The van der Waals surface area contributed by atoms with Crippen molar-refractivity contribution in [1.82, 2.24) is 0 Å². The molecule has 2 N–H and O–H groups in total. The molecule has 4 heteroatoms. The van der Waals surface area contributed by atoms with Crippen LogP contribution in [-0.4, -0.2) is 22.8 Å². The number of hydrogen-bond donors (Lipinski definition) is 2. The van der Waals surface area contributed by atoms with E-state index in [0.717, 1.165) is 24.0 Å². The van der Waals surface area contributed by atoms with E-state index < -0.39 is 0 Å². The molecule has 0 bridgehead atoms. The molecule has 2 rings (SSSR count). The Morgan fingerprint density at radius 3 is 1.30 bits per heavy atom. The van der Waals surface area contributed by atoms with Crippen molar-refractivity contribution in [3.63, 3.8) is 0 Å². The number of carbonyl (C=O) groups is 1. The molecule has 224 valence electrons. The first-order chi connectivity index (χ1) is 19.6. The Hall–Kier alpha value is -2.49. The summed E-state index contributed by atoms with van der Waals surface area (Å²) in [4.78, 5) is 12.4. The van der Waals surface area contributed by atoms with Gasteiger partial charge in [0.25, 0.3) is 0 Å². The molecule has 0 amide bonds. The van der Waals surface area contributed by atoms with Crippen LogP contribution in [0.5, 0.6) is 11.5 Å². The summed E-state index contributed by atoms with van der Waals surface area (Å²) in [6, 6.07) is 14.2. The molecule has 0 saturated carbocycles. The zero-order valence-electron chi connectivity index (χ0n) is 25.3. The van der Waals surface area contributed by atoms with Crippen LogP contribution in [-0.2, 0) is 9.53 Å². The van der Waals surface area contributed by atoms with Gasteiger partial charge in [0, 0.05) is 12.3 Å². The molecule has 0 spiro atoms. The van der Waals surface area contributed by atoms with Crippen molar-refractivity contribution in [2.45, 2.75) is 141 Å². The lowest BCUT2D eigenvalue weighted by Crippen LogP contribution is -2.09. The predicted molar refractivity (Wildman–Crippen MR) is 167 cm³/mol. The highest BCUT2D eigenvalue weighted by atomic mass is 16.5. The van der Waals surface area contributed by atoms with Gasteiger partial charge in [-0.15, -0.1) is 0 Å². The van der Waals surface area contributed by atoms with E-state index in [0.29, 0.717) is 19.4 Å². The van der Waals surface area contributed by atoms with Crippen molar-refractivity contribution in [2.24, 2.45) is 0 Å². The lowest BCUT2D eigenvalue weighted by molar-refractivity contribution is -0.143. The topological polar surface area (TPSA) is 66.8 Å². The number of phenols is 2. The summed E-state index contributed by atoms with van der Waals surface area (Å²) in [5.74, 6) is 0.280. The lowest BCUT2D eigenvalue weighted by Gasteiger charge is -2.18. The zero-order chi connectivity index (χ0) is 28.7. The summed E-state index contributed by atoms with van der Waals surface area (Å²) in [5, 5.41) is 19.3. The number of benzene rings is 2. The first-order valence-electron chi connectivity index (χ1n) is 16.3. The molecule has 0 heterocycles. The molecule has 0 atom stereocenters. The van der Waals surface area contributed by atoms with Crippen LogP contribution < -0.4 is 0 Å². The first-order valence-corrected chi connectivity index (χ1v) is 16.3. The average Bonchev–Trinajstić information content (AvgIpc) is 2.96. The number of esters is 1. The smallest absolute Gasteiger partial charge is 0.305 e. The molecule has 0 fully saturated rings. The first kappa shape index (κ1) is 33.7. The zero-order valence-corrected chi connectivity index (χ0v) is 25.3. The van der Waals surface area contributed by atoms with E-state index in [4.69, 9.17) is 4.74 Å². The van der Waals surface area contributed by atoms with E-state index >= 15 is 0 Å². The summed E-state index contributed by atoms with van der Waals surface area (Å²) in [6.07, 6.45) is 25.1. The average molecular weight is 553 g/mol. The summed E-state index contributed by atoms with van der Waals surface area (Å²) in [6.45, 7) is 2.78. The minimum Gasteiger partial charge on any atom is -0.508 e.